The van der Waals surface area contributed by atoms with Crippen LogP contribution >= 0.6 is 0 Å². The third-order valence-corrected chi connectivity index (χ3v) is 2.47. The van der Waals surface area contributed by atoms with Crippen LogP contribution in [0.5, 0.6) is 0 Å². The highest BCUT2D eigenvalue weighted by molar-refractivity contribution is 5.82. The Bertz CT molecular complexity index is 368. The summed E-state index contributed by atoms with van der Waals surface area (Å²) < 4.78 is 9.67. The fourth-order valence-electron chi connectivity index (χ4n) is 1.53. The van der Waals surface area contributed by atoms with Crippen LogP contribution in [-0.4, -0.2) is 20.2 Å². The quantitative estimate of drug-likeness (QED) is 0.431. The maximum Gasteiger partial charge on any atom is 0.333 e. The van der Waals surface area contributed by atoms with Crippen LogP contribution in [0.3, 0.4) is 0 Å². The average molecular weight is 234 g/mol. The van der Waals surface area contributed by atoms with Crippen molar-refractivity contribution in [1.29, 1.82) is 0 Å². The molecule has 0 amide bonds. The van der Waals surface area contributed by atoms with Crippen LogP contribution in [0, 0.1) is 0 Å². The normalized spacial score (nSPS) is 11.1. The van der Waals surface area contributed by atoms with Gasteiger partial charge in [-0.1, -0.05) is 30.3 Å². The molecule has 1 aromatic rings. The molecule has 92 valence electrons. The van der Waals surface area contributed by atoms with Gasteiger partial charge in [0.2, 0.25) is 0 Å². The van der Waals surface area contributed by atoms with Crippen molar-refractivity contribution in [3.63, 3.8) is 0 Å². The van der Waals surface area contributed by atoms with Crippen LogP contribution < -0.4 is 0 Å². The predicted octanol–water partition coefficient (Wildman–Crippen LogP) is 2.71. The number of methoxy groups -OCH3 is 2. The summed E-state index contributed by atoms with van der Waals surface area (Å²) in [5, 5.41) is 0. The van der Waals surface area contributed by atoms with E-state index in [1.807, 2.05) is 18.2 Å². The van der Waals surface area contributed by atoms with E-state index in [1.165, 1.54) is 18.7 Å². The zero-order chi connectivity index (χ0) is 12.5. The van der Waals surface area contributed by atoms with Crippen molar-refractivity contribution in [2.75, 3.05) is 14.2 Å². The van der Waals surface area contributed by atoms with E-state index in [4.69, 9.17) is 4.74 Å². The second-order valence-electron chi connectivity index (χ2n) is 3.68. The van der Waals surface area contributed by atoms with Gasteiger partial charge in [-0.2, -0.15) is 0 Å². The average Bonchev–Trinajstić information content (AvgIpc) is 2.38. The van der Waals surface area contributed by atoms with Gasteiger partial charge in [-0.05, 0) is 18.4 Å². The van der Waals surface area contributed by atoms with Crippen molar-refractivity contribution in [1.82, 2.24) is 0 Å². The molecule has 0 N–H and O–H groups in total. The zero-order valence-electron chi connectivity index (χ0n) is 10.3. The van der Waals surface area contributed by atoms with E-state index in [-0.39, 0.29) is 5.97 Å². The van der Waals surface area contributed by atoms with Gasteiger partial charge in [-0.15, -0.1) is 0 Å². The number of ether oxygens (including phenoxy) is 2. The molecule has 0 aromatic heterocycles. The molecule has 0 spiro atoms. The number of allylic oxidation sites excluding steroid dienone is 1. The van der Waals surface area contributed by atoms with Crippen LogP contribution in [-0.2, 0) is 20.7 Å². The number of aryl methyl sites for hydroxylation is 1. The summed E-state index contributed by atoms with van der Waals surface area (Å²) in [4.78, 5) is 11.0. The molecule has 0 aliphatic heterocycles. The first-order chi connectivity index (χ1) is 8.26. The van der Waals surface area contributed by atoms with Gasteiger partial charge in [0.25, 0.3) is 0 Å². The number of carbonyl (C=O) groups excluding carboxylic acids is 1. The van der Waals surface area contributed by atoms with E-state index in [0.717, 1.165) is 19.3 Å². The largest absolute Gasteiger partial charge is 0.501 e. The first-order valence-corrected chi connectivity index (χ1v) is 5.62. The van der Waals surface area contributed by atoms with E-state index in [0.29, 0.717) is 5.76 Å². The lowest BCUT2D eigenvalue weighted by Gasteiger charge is -2.05. The molecule has 0 bridgehead atoms. The summed E-state index contributed by atoms with van der Waals surface area (Å²) in [6.45, 7) is 0. The monoisotopic (exact) mass is 234 g/mol. The molecule has 1 rings (SSSR count). The highest BCUT2D eigenvalue weighted by Gasteiger charge is 2.02. The Morgan fingerprint density at radius 3 is 2.47 bits per heavy atom. The minimum atomic E-state index is -0.374. The molecule has 0 radical (unpaired) electrons. The molecule has 1 aromatic carbocycles. The second kappa shape index (κ2) is 7.49. The molecule has 3 nitrogen and oxygen atoms in total. The molecule has 0 saturated carbocycles. The van der Waals surface area contributed by atoms with Gasteiger partial charge in [0, 0.05) is 6.42 Å². The van der Waals surface area contributed by atoms with E-state index >= 15 is 0 Å². The fourth-order valence-corrected chi connectivity index (χ4v) is 1.53. The lowest BCUT2D eigenvalue weighted by atomic mass is 10.1. The molecule has 3 heteroatoms. The summed E-state index contributed by atoms with van der Waals surface area (Å²) in [6, 6.07) is 10.2. The number of hydrogen-bond acceptors (Lipinski definition) is 3. The minimum Gasteiger partial charge on any atom is -0.501 e. The van der Waals surface area contributed by atoms with Gasteiger partial charge in [0.1, 0.15) is 5.76 Å². The summed E-state index contributed by atoms with van der Waals surface area (Å²) in [5.74, 6) is 0.286. The molecular weight excluding hydrogens is 216 g/mol. The number of esters is 1. The van der Waals surface area contributed by atoms with Crippen molar-refractivity contribution in [3.05, 3.63) is 47.7 Å². The molecule has 17 heavy (non-hydrogen) atoms. The number of rotatable bonds is 6. The number of hydrogen-bond donors (Lipinski definition) is 0. The molecular formula is C14H18O3. The van der Waals surface area contributed by atoms with E-state index in [9.17, 15) is 4.79 Å². The van der Waals surface area contributed by atoms with Gasteiger partial charge in [0.15, 0.2) is 0 Å². The van der Waals surface area contributed by atoms with E-state index < -0.39 is 0 Å². The van der Waals surface area contributed by atoms with Gasteiger partial charge in [0.05, 0.1) is 20.3 Å². The Labute approximate surface area is 102 Å². The lowest BCUT2D eigenvalue weighted by Crippen LogP contribution is -1.99. The number of benzene rings is 1. The Morgan fingerprint density at radius 2 is 1.88 bits per heavy atom. The van der Waals surface area contributed by atoms with Crippen LogP contribution in [0.2, 0.25) is 0 Å². The second-order valence-corrected chi connectivity index (χ2v) is 3.68. The van der Waals surface area contributed by atoms with Crippen molar-refractivity contribution < 1.29 is 14.3 Å². The Kier molecular flexibility index (Phi) is 5.86. The van der Waals surface area contributed by atoms with Crippen LogP contribution in [0.15, 0.2) is 42.2 Å². The third-order valence-electron chi connectivity index (χ3n) is 2.47. The highest BCUT2D eigenvalue weighted by Crippen LogP contribution is 2.10. The third kappa shape index (κ3) is 5.20. The molecule has 0 heterocycles. The first-order valence-electron chi connectivity index (χ1n) is 5.62. The summed E-state index contributed by atoms with van der Waals surface area (Å²) >= 11 is 0. The van der Waals surface area contributed by atoms with Crippen LogP contribution in [0.1, 0.15) is 18.4 Å². The van der Waals surface area contributed by atoms with Gasteiger partial charge < -0.3 is 9.47 Å². The maximum absolute atomic E-state index is 11.0. The van der Waals surface area contributed by atoms with Crippen LogP contribution in [0.4, 0.5) is 0 Å². The molecule has 0 saturated heterocycles. The van der Waals surface area contributed by atoms with Crippen molar-refractivity contribution >= 4 is 5.97 Å². The molecule has 0 aliphatic rings. The van der Waals surface area contributed by atoms with E-state index in [1.54, 1.807) is 7.11 Å². The maximum atomic E-state index is 11.0. The highest BCUT2D eigenvalue weighted by atomic mass is 16.5. The Morgan fingerprint density at radius 1 is 1.18 bits per heavy atom. The first kappa shape index (κ1) is 13.3. The lowest BCUT2D eigenvalue weighted by molar-refractivity contribution is -0.135. The van der Waals surface area contributed by atoms with Gasteiger partial charge in [-0.25, -0.2) is 4.79 Å². The van der Waals surface area contributed by atoms with Crippen LogP contribution in [0.25, 0.3) is 0 Å². The van der Waals surface area contributed by atoms with Gasteiger partial charge >= 0.3 is 5.97 Å². The molecule has 0 aliphatic carbocycles. The summed E-state index contributed by atoms with van der Waals surface area (Å²) in [7, 11) is 2.92. The summed E-state index contributed by atoms with van der Waals surface area (Å²) in [6.07, 6.45) is 4.05. The van der Waals surface area contributed by atoms with Gasteiger partial charge in [-0.3, -0.25) is 0 Å². The predicted molar refractivity (Wildman–Crippen MR) is 66.5 cm³/mol. The SMILES string of the molecule is COC(=O)/C=C(\CCCc1ccccc1)OC. The Balaban J connectivity index is 2.39. The topological polar surface area (TPSA) is 35.5 Å². The molecule has 0 fully saturated rings. The standard InChI is InChI=1S/C14H18O3/c1-16-13(11-14(15)17-2)10-6-9-12-7-4-3-5-8-12/h3-5,7-8,11H,6,9-10H2,1-2H3/b13-11+. The molecule has 0 unspecified atom stereocenters. The van der Waals surface area contributed by atoms with Crippen molar-refractivity contribution in [2.24, 2.45) is 0 Å². The number of carbonyl (C=O) groups is 1. The summed E-state index contributed by atoms with van der Waals surface area (Å²) in [5.41, 5.74) is 1.29. The van der Waals surface area contributed by atoms with Crippen molar-refractivity contribution in [2.45, 2.75) is 19.3 Å². The zero-order valence-corrected chi connectivity index (χ0v) is 10.3. The fraction of sp³-hybridized carbons (Fsp3) is 0.357. The minimum absolute atomic E-state index is 0.374. The smallest absolute Gasteiger partial charge is 0.333 e. The van der Waals surface area contributed by atoms with Crippen molar-refractivity contribution in [3.8, 4) is 0 Å². The molecule has 0 atom stereocenters. The Hall–Kier alpha value is -1.77. The van der Waals surface area contributed by atoms with E-state index in [2.05, 4.69) is 16.9 Å².